The van der Waals surface area contributed by atoms with Crippen molar-refractivity contribution in [2.45, 2.75) is 6.92 Å². The van der Waals surface area contributed by atoms with Crippen molar-refractivity contribution in [3.8, 4) is 11.5 Å². The van der Waals surface area contributed by atoms with E-state index in [9.17, 15) is 4.79 Å². The maximum atomic E-state index is 11.0. The molecule has 2 rings (SSSR count). The van der Waals surface area contributed by atoms with Crippen molar-refractivity contribution in [1.29, 1.82) is 0 Å². The topological polar surface area (TPSA) is 101 Å². The zero-order valence-electron chi connectivity index (χ0n) is 17.3. The van der Waals surface area contributed by atoms with Crippen LogP contribution in [-0.4, -0.2) is 58.8 Å². The molecule has 8 nitrogen and oxygen atoms in total. The third-order valence-electron chi connectivity index (χ3n) is 3.79. The normalized spacial score (nSPS) is 10.6. The average Bonchev–Trinajstić information content (AvgIpc) is 2.73. The lowest BCUT2D eigenvalue weighted by atomic mass is 10.3. The molecule has 0 bridgehead atoms. The number of anilines is 2. The van der Waals surface area contributed by atoms with Gasteiger partial charge >= 0.3 is 0 Å². The Morgan fingerprint density at radius 1 is 0.700 bits per heavy atom. The van der Waals surface area contributed by atoms with Crippen LogP contribution in [0.4, 0.5) is 11.4 Å². The summed E-state index contributed by atoms with van der Waals surface area (Å²) in [5.41, 5.74) is 7.06. The number of hydrogen-bond acceptors (Lipinski definition) is 7. The zero-order chi connectivity index (χ0) is 21.4. The van der Waals surface area contributed by atoms with Crippen molar-refractivity contribution >= 4 is 17.3 Å². The number of nitrogens with two attached hydrogens (primary N) is 1. The lowest BCUT2D eigenvalue weighted by Gasteiger charge is -2.09. The lowest BCUT2D eigenvalue weighted by Crippen LogP contribution is -2.14. The van der Waals surface area contributed by atoms with Crippen LogP contribution in [0.3, 0.4) is 0 Å². The van der Waals surface area contributed by atoms with Crippen molar-refractivity contribution in [3.63, 3.8) is 0 Å². The first-order valence-electron chi connectivity index (χ1n) is 9.85. The number of ether oxygens (including phenoxy) is 5. The summed E-state index contributed by atoms with van der Waals surface area (Å²) in [5, 5.41) is 2.70. The monoisotopic (exact) mass is 418 g/mol. The molecule has 0 saturated carbocycles. The van der Waals surface area contributed by atoms with Crippen LogP contribution >= 0.6 is 0 Å². The molecular weight excluding hydrogens is 388 g/mol. The Kier molecular flexibility index (Phi) is 11.1. The highest BCUT2D eigenvalue weighted by Gasteiger charge is 1.98. The van der Waals surface area contributed by atoms with Crippen LogP contribution < -0.4 is 20.5 Å². The van der Waals surface area contributed by atoms with Crippen molar-refractivity contribution in [1.82, 2.24) is 0 Å². The molecule has 0 spiro atoms. The molecule has 8 heteroatoms. The van der Waals surface area contributed by atoms with Gasteiger partial charge in [-0.1, -0.05) is 0 Å². The second-order valence-electron chi connectivity index (χ2n) is 6.31. The van der Waals surface area contributed by atoms with E-state index in [1.807, 2.05) is 12.1 Å². The molecule has 0 saturated heterocycles. The fraction of sp³-hybridized carbons (Fsp3) is 0.409. The van der Waals surface area contributed by atoms with Gasteiger partial charge in [-0.2, -0.15) is 0 Å². The molecule has 0 aliphatic carbocycles. The van der Waals surface area contributed by atoms with Crippen molar-refractivity contribution in [2.24, 2.45) is 0 Å². The van der Waals surface area contributed by atoms with E-state index < -0.39 is 0 Å². The maximum absolute atomic E-state index is 11.0. The fourth-order valence-corrected chi connectivity index (χ4v) is 2.38. The minimum atomic E-state index is -0.103. The quantitative estimate of drug-likeness (QED) is 0.339. The molecule has 164 valence electrons. The van der Waals surface area contributed by atoms with Crippen LogP contribution in [0.5, 0.6) is 11.5 Å². The molecule has 0 radical (unpaired) electrons. The van der Waals surface area contributed by atoms with Crippen molar-refractivity contribution in [3.05, 3.63) is 48.5 Å². The molecule has 1 amide bonds. The average molecular weight is 418 g/mol. The Morgan fingerprint density at radius 3 is 1.53 bits per heavy atom. The molecule has 0 aliphatic heterocycles. The Bertz CT molecular complexity index is 721. The molecule has 3 N–H and O–H groups in total. The SMILES string of the molecule is CC(=O)Nc1ccc(OCCOCCOCCOCCOc2ccc(N)cc2)cc1. The molecule has 30 heavy (non-hydrogen) atoms. The second kappa shape index (κ2) is 14.2. The number of rotatable bonds is 15. The third kappa shape index (κ3) is 10.7. The first-order chi connectivity index (χ1) is 14.6. The Hall–Kier alpha value is -2.81. The summed E-state index contributed by atoms with van der Waals surface area (Å²) in [6, 6.07) is 14.4. The van der Waals surface area contributed by atoms with Gasteiger partial charge < -0.3 is 34.7 Å². The van der Waals surface area contributed by atoms with E-state index in [2.05, 4.69) is 5.32 Å². The molecule has 0 aromatic heterocycles. The molecule has 0 fully saturated rings. The van der Waals surface area contributed by atoms with Crippen LogP contribution in [0.1, 0.15) is 6.92 Å². The minimum Gasteiger partial charge on any atom is -0.491 e. The van der Waals surface area contributed by atoms with E-state index in [-0.39, 0.29) is 5.91 Å². The Morgan fingerprint density at radius 2 is 1.10 bits per heavy atom. The number of nitrogens with one attached hydrogen (secondary N) is 1. The van der Waals surface area contributed by atoms with Gasteiger partial charge in [-0.25, -0.2) is 0 Å². The smallest absolute Gasteiger partial charge is 0.221 e. The van der Waals surface area contributed by atoms with E-state index in [0.717, 1.165) is 17.2 Å². The van der Waals surface area contributed by atoms with E-state index >= 15 is 0 Å². The summed E-state index contributed by atoms with van der Waals surface area (Å²) in [4.78, 5) is 11.0. The van der Waals surface area contributed by atoms with Gasteiger partial charge in [-0.05, 0) is 48.5 Å². The largest absolute Gasteiger partial charge is 0.491 e. The highest BCUT2D eigenvalue weighted by atomic mass is 16.6. The molecule has 0 atom stereocenters. The minimum absolute atomic E-state index is 0.103. The summed E-state index contributed by atoms with van der Waals surface area (Å²) in [6.45, 7) is 5.34. The van der Waals surface area contributed by atoms with Crippen LogP contribution in [0, 0.1) is 0 Å². The molecular formula is C22H30N2O6. The number of benzene rings is 2. The standard InChI is InChI=1S/C22H30N2O6/c1-18(25)24-20-4-8-22(9-5-20)30-17-15-28-13-11-26-10-12-27-14-16-29-21-6-2-19(23)3-7-21/h2-9H,10-17,23H2,1H3,(H,24,25). The molecule has 2 aromatic rings. The van der Waals surface area contributed by atoms with Gasteiger partial charge in [0.25, 0.3) is 0 Å². The van der Waals surface area contributed by atoms with Crippen LogP contribution in [0.15, 0.2) is 48.5 Å². The van der Waals surface area contributed by atoms with Crippen LogP contribution in [0.25, 0.3) is 0 Å². The number of carbonyl (C=O) groups is 1. The molecule has 2 aromatic carbocycles. The molecule has 0 aliphatic rings. The van der Waals surface area contributed by atoms with Crippen LogP contribution in [-0.2, 0) is 19.0 Å². The summed E-state index contributed by atoms with van der Waals surface area (Å²) in [7, 11) is 0. The highest BCUT2D eigenvalue weighted by molar-refractivity contribution is 5.88. The van der Waals surface area contributed by atoms with Gasteiger partial charge in [0.15, 0.2) is 0 Å². The number of amides is 1. The summed E-state index contributed by atoms with van der Waals surface area (Å²) in [5.74, 6) is 1.39. The maximum Gasteiger partial charge on any atom is 0.221 e. The van der Waals surface area contributed by atoms with Gasteiger partial charge in [-0.3, -0.25) is 4.79 Å². The highest BCUT2D eigenvalue weighted by Crippen LogP contribution is 2.15. The van der Waals surface area contributed by atoms with Crippen molar-refractivity contribution in [2.75, 3.05) is 63.9 Å². The summed E-state index contributed by atoms with van der Waals surface area (Å²) < 4.78 is 27.4. The summed E-state index contributed by atoms with van der Waals surface area (Å²) >= 11 is 0. The van der Waals surface area contributed by atoms with Gasteiger partial charge in [0.1, 0.15) is 24.7 Å². The van der Waals surface area contributed by atoms with E-state index in [1.54, 1.807) is 36.4 Å². The number of carbonyl (C=O) groups excluding carboxylic acids is 1. The van der Waals surface area contributed by atoms with Gasteiger partial charge in [0.05, 0.1) is 39.6 Å². The van der Waals surface area contributed by atoms with E-state index in [4.69, 9.17) is 29.4 Å². The summed E-state index contributed by atoms with van der Waals surface area (Å²) in [6.07, 6.45) is 0. The van der Waals surface area contributed by atoms with E-state index in [1.165, 1.54) is 6.92 Å². The molecule has 0 unspecified atom stereocenters. The Labute approximate surface area is 177 Å². The van der Waals surface area contributed by atoms with Gasteiger partial charge in [0.2, 0.25) is 5.91 Å². The molecule has 0 heterocycles. The fourth-order valence-electron chi connectivity index (χ4n) is 2.38. The third-order valence-corrected chi connectivity index (χ3v) is 3.79. The lowest BCUT2D eigenvalue weighted by molar-refractivity contribution is -0.114. The van der Waals surface area contributed by atoms with Crippen molar-refractivity contribution < 1.29 is 28.5 Å². The van der Waals surface area contributed by atoms with Gasteiger partial charge in [0, 0.05) is 18.3 Å². The Balaban J connectivity index is 1.35. The number of hydrogen-bond donors (Lipinski definition) is 2. The van der Waals surface area contributed by atoms with E-state index in [0.29, 0.717) is 58.5 Å². The first-order valence-corrected chi connectivity index (χ1v) is 9.85. The van der Waals surface area contributed by atoms with Gasteiger partial charge in [-0.15, -0.1) is 0 Å². The van der Waals surface area contributed by atoms with Crippen LogP contribution in [0.2, 0.25) is 0 Å². The second-order valence-corrected chi connectivity index (χ2v) is 6.31. The predicted molar refractivity (Wildman–Crippen MR) is 115 cm³/mol. The number of nitrogen functional groups attached to an aromatic ring is 1. The zero-order valence-corrected chi connectivity index (χ0v) is 17.3. The predicted octanol–water partition coefficient (Wildman–Crippen LogP) is 2.73. The first kappa shape index (κ1) is 23.5.